The molecule has 2 unspecified atom stereocenters. The molecule has 1 heterocycles. The fourth-order valence-corrected chi connectivity index (χ4v) is 2.03. The number of hydrogen-bond acceptors (Lipinski definition) is 2. The zero-order chi connectivity index (χ0) is 13.3. The van der Waals surface area contributed by atoms with Crippen LogP contribution in [0.5, 0.6) is 0 Å². The minimum absolute atomic E-state index is 0.208. The van der Waals surface area contributed by atoms with Gasteiger partial charge in [-0.25, -0.2) is 0 Å². The Bertz CT molecular complexity index is 525. The van der Waals surface area contributed by atoms with Gasteiger partial charge in [-0.05, 0) is 24.6 Å². The van der Waals surface area contributed by atoms with Crippen LogP contribution in [0.15, 0.2) is 33.7 Å². The highest BCUT2D eigenvalue weighted by Crippen LogP contribution is 2.23. The number of aliphatic imine (C=N–C) groups is 1. The van der Waals surface area contributed by atoms with E-state index < -0.39 is 17.2 Å². The number of hydrogen-bond donors (Lipinski definition) is 1. The van der Waals surface area contributed by atoms with Crippen LogP contribution in [0.25, 0.3) is 0 Å². The SMILES string of the molecule is CC(Cl)C1=NC(=O)C(c2ccc(Br)cc2)C(=O)N1. The molecule has 18 heavy (non-hydrogen) atoms. The van der Waals surface area contributed by atoms with Crippen molar-refractivity contribution in [3.8, 4) is 0 Å². The van der Waals surface area contributed by atoms with Crippen molar-refractivity contribution in [2.24, 2.45) is 4.99 Å². The van der Waals surface area contributed by atoms with Crippen molar-refractivity contribution in [1.29, 1.82) is 0 Å². The highest BCUT2D eigenvalue weighted by Gasteiger charge is 2.34. The Morgan fingerprint density at radius 1 is 1.33 bits per heavy atom. The van der Waals surface area contributed by atoms with E-state index in [0.29, 0.717) is 5.56 Å². The van der Waals surface area contributed by atoms with E-state index in [0.717, 1.165) is 4.47 Å². The third-order valence-corrected chi connectivity index (χ3v) is 3.31. The molecule has 1 N–H and O–H groups in total. The first-order valence-corrected chi connectivity index (χ1v) is 6.55. The molecule has 4 nitrogen and oxygen atoms in total. The Kier molecular flexibility index (Phi) is 3.82. The Labute approximate surface area is 118 Å². The van der Waals surface area contributed by atoms with E-state index in [2.05, 4.69) is 26.2 Å². The van der Waals surface area contributed by atoms with Gasteiger partial charge < -0.3 is 5.32 Å². The van der Waals surface area contributed by atoms with Gasteiger partial charge in [0.05, 0.1) is 5.38 Å². The summed E-state index contributed by atoms with van der Waals surface area (Å²) < 4.78 is 0.883. The van der Waals surface area contributed by atoms with Gasteiger partial charge in [-0.15, -0.1) is 11.6 Å². The van der Waals surface area contributed by atoms with Crippen LogP contribution in [-0.2, 0) is 9.59 Å². The molecule has 0 aromatic heterocycles. The van der Waals surface area contributed by atoms with Crippen molar-refractivity contribution < 1.29 is 9.59 Å². The van der Waals surface area contributed by atoms with Crippen LogP contribution in [0.1, 0.15) is 18.4 Å². The average Bonchev–Trinajstić information content (AvgIpc) is 2.30. The molecule has 0 saturated heterocycles. The van der Waals surface area contributed by atoms with Crippen LogP contribution in [0.2, 0.25) is 0 Å². The maximum atomic E-state index is 11.9. The van der Waals surface area contributed by atoms with Gasteiger partial charge in [0.2, 0.25) is 5.91 Å². The monoisotopic (exact) mass is 328 g/mol. The lowest BCUT2D eigenvalue weighted by Crippen LogP contribution is -2.45. The first kappa shape index (κ1) is 13.2. The predicted molar refractivity (Wildman–Crippen MR) is 72.8 cm³/mol. The van der Waals surface area contributed by atoms with Gasteiger partial charge in [0, 0.05) is 4.47 Å². The molecule has 0 fully saturated rings. The summed E-state index contributed by atoms with van der Waals surface area (Å²) >= 11 is 9.10. The number of amides is 2. The molecule has 0 saturated carbocycles. The van der Waals surface area contributed by atoms with Gasteiger partial charge in [-0.3, -0.25) is 9.59 Å². The normalized spacial score (nSPS) is 21.3. The topological polar surface area (TPSA) is 58.5 Å². The molecule has 1 aromatic rings. The molecule has 2 atom stereocenters. The number of halogens is 2. The van der Waals surface area contributed by atoms with E-state index in [4.69, 9.17) is 11.6 Å². The van der Waals surface area contributed by atoms with Gasteiger partial charge in [0.1, 0.15) is 11.8 Å². The van der Waals surface area contributed by atoms with E-state index >= 15 is 0 Å². The van der Waals surface area contributed by atoms with Crippen LogP contribution < -0.4 is 5.32 Å². The van der Waals surface area contributed by atoms with Crippen molar-refractivity contribution in [2.45, 2.75) is 18.2 Å². The number of nitrogens with one attached hydrogen (secondary N) is 1. The van der Waals surface area contributed by atoms with Crippen LogP contribution in [0.4, 0.5) is 0 Å². The quantitative estimate of drug-likeness (QED) is 0.668. The Balaban J connectivity index is 2.33. The summed E-state index contributed by atoms with van der Waals surface area (Å²) in [7, 11) is 0. The lowest BCUT2D eigenvalue weighted by molar-refractivity contribution is -0.129. The Morgan fingerprint density at radius 2 is 1.94 bits per heavy atom. The van der Waals surface area contributed by atoms with E-state index in [1.807, 2.05) is 0 Å². The maximum Gasteiger partial charge on any atom is 0.264 e. The third-order valence-electron chi connectivity index (χ3n) is 2.57. The standard InChI is InChI=1S/C12H10BrClN2O2/c1-6(14)10-15-11(17)9(12(18)16-10)7-2-4-8(13)5-3-7/h2-6,9H,1H3,(H,15,16,17,18). The predicted octanol–water partition coefficient (Wildman–Crippen LogP) is 2.21. The second-order valence-electron chi connectivity index (χ2n) is 3.93. The number of carbonyl (C=O) groups excluding carboxylic acids is 2. The van der Waals surface area contributed by atoms with Gasteiger partial charge in [-0.2, -0.15) is 4.99 Å². The lowest BCUT2D eigenvalue weighted by atomic mass is 9.96. The van der Waals surface area contributed by atoms with E-state index in [1.54, 1.807) is 31.2 Å². The molecular formula is C12H10BrClN2O2. The molecule has 1 aliphatic rings. The second kappa shape index (κ2) is 5.20. The summed E-state index contributed by atoms with van der Waals surface area (Å²) in [5.74, 6) is -1.55. The Hall–Kier alpha value is -1.20. The average molecular weight is 330 g/mol. The zero-order valence-electron chi connectivity index (χ0n) is 9.48. The smallest absolute Gasteiger partial charge is 0.264 e. The van der Waals surface area contributed by atoms with Crippen molar-refractivity contribution in [2.75, 3.05) is 0 Å². The summed E-state index contributed by atoms with van der Waals surface area (Å²) in [6, 6.07) is 6.99. The van der Waals surface area contributed by atoms with Gasteiger partial charge in [0.15, 0.2) is 0 Å². The summed E-state index contributed by atoms with van der Waals surface area (Å²) in [5.41, 5.74) is 0.616. The first-order chi connectivity index (χ1) is 8.49. The van der Waals surface area contributed by atoms with Crippen molar-refractivity contribution in [3.63, 3.8) is 0 Å². The van der Waals surface area contributed by atoms with Crippen LogP contribution >= 0.6 is 27.5 Å². The molecule has 6 heteroatoms. The number of carbonyl (C=O) groups is 2. The van der Waals surface area contributed by atoms with Crippen LogP contribution in [0, 0.1) is 0 Å². The molecule has 0 spiro atoms. The molecule has 0 radical (unpaired) electrons. The summed E-state index contributed by atoms with van der Waals surface area (Å²) in [5, 5.41) is 2.06. The molecule has 2 rings (SSSR count). The lowest BCUT2D eigenvalue weighted by Gasteiger charge is -2.21. The van der Waals surface area contributed by atoms with E-state index in [9.17, 15) is 9.59 Å². The second-order valence-corrected chi connectivity index (χ2v) is 5.50. The molecule has 2 amide bonds. The number of nitrogens with zero attached hydrogens (tertiary/aromatic N) is 1. The fourth-order valence-electron chi connectivity index (χ4n) is 1.66. The zero-order valence-corrected chi connectivity index (χ0v) is 11.8. The van der Waals surface area contributed by atoms with Gasteiger partial charge >= 0.3 is 0 Å². The minimum Gasteiger partial charge on any atom is -0.312 e. The third kappa shape index (κ3) is 2.62. The molecule has 1 aliphatic heterocycles. The number of rotatable bonds is 2. The van der Waals surface area contributed by atoms with Crippen LogP contribution in [-0.4, -0.2) is 23.0 Å². The largest absolute Gasteiger partial charge is 0.312 e. The molecule has 0 bridgehead atoms. The van der Waals surface area contributed by atoms with Crippen molar-refractivity contribution in [3.05, 3.63) is 34.3 Å². The summed E-state index contributed by atoms with van der Waals surface area (Å²) in [4.78, 5) is 27.6. The van der Waals surface area contributed by atoms with E-state index in [-0.39, 0.29) is 11.7 Å². The van der Waals surface area contributed by atoms with Crippen LogP contribution in [0.3, 0.4) is 0 Å². The van der Waals surface area contributed by atoms with E-state index in [1.165, 1.54) is 0 Å². The molecule has 0 aliphatic carbocycles. The summed E-state index contributed by atoms with van der Waals surface area (Å²) in [6.07, 6.45) is 0. The van der Waals surface area contributed by atoms with Gasteiger partial charge in [-0.1, -0.05) is 28.1 Å². The highest BCUT2D eigenvalue weighted by atomic mass is 79.9. The Morgan fingerprint density at radius 3 is 2.44 bits per heavy atom. The van der Waals surface area contributed by atoms with Crippen molar-refractivity contribution in [1.82, 2.24) is 5.32 Å². The fraction of sp³-hybridized carbons (Fsp3) is 0.250. The number of benzene rings is 1. The number of amidine groups is 1. The minimum atomic E-state index is -0.891. The van der Waals surface area contributed by atoms with Crippen molar-refractivity contribution >= 4 is 45.2 Å². The van der Waals surface area contributed by atoms with Gasteiger partial charge in [0.25, 0.3) is 5.91 Å². The number of alkyl halides is 1. The summed E-state index contributed by atoms with van der Waals surface area (Å²) in [6.45, 7) is 1.65. The highest BCUT2D eigenvalue weighted by molar-refractivity contribution is 9.10. The molecular weight excluding hydrogens is 320 g/mol. The molecule has 94 valence electrons. The first-order valence-electron chi connectivity index (χ1n) is 5.32. The maximum absolute atomic E-state index is 11.9. The molecule has 1 aromatic carbocycles.